The van der Waals surface area contributed by atoms with Gasteiger partial charge in [0.25, 0.3) is 0 Å². The number of rotatable bonds is 26. The molecule has 0 aliphatic carbocycles. The SMILES string of the molecule is C=CC(=O)OCCCCCCOc1ccc(C(=O)Oc2ccc(CCOC(=O)c3ccc(OC(=O)c4ccc(OCCCCCCOC(=O)C=C)cc4)cc3F)cc2)cc1. The van der Waals surface area contributed by atoms with E-state index in [1.807, 2.05) is 0 Å². The Bertz CT molecular complexity index is 2030. The minimum atomic E-state index is -0.908. The van der Waals surface area contributed by atoms with Crippen molar-refractivity contribution in [2.45, 2.75) is 57.8 Å². The summed E-state index contributed by atoms with van der Waals surface area (Å²) in [6, 6.07) is 23.1. The largest absolute Gasteiger partial charge is 0.494 e. The quantitative estimate of drug-likeness (QED) is 0.0196. The second kappa shape index (κ2) is 25.6. The molecule has 0 saturated heterocycles. The van der Waals surface area contributed by atoms with E-state index in [2.05, 4.69) is 13.2 Å². The van der Waals surface area contributed by atoms with Crippen LogP contribution in [0.2, 0.25) is 0 Å². The van der Waals surface area contributed by atoms with E-state index in [4.69, 9.17) is 33.2 Å². The zero-order valence-corrected chi connectivity index (χ0v) is 33.4. The van der Waals surface area contributed by atoms with Gasteiger partial charge < -0.3 is 33.2 Å². The minimum Gasteiger partial charge on any atom is -0.494 e. The Morgan fingerprint density at radius 1 is 0.467 bits per heavy atom. The topological polar surface area (TPSA) is 150 Å². The molecule has 0 atom stereocenters. The number of unbranched alkanes of at least 4 members (excludes halogenated alkanes) is 6. The van der Waals surface area contributed by atoms with Crippen molar-refractivity contribution in [2.24, 2.45) is 0 Å². The van der Waals surface area contributed by atoms with Crippen molar-refractivity contribution in [3.63, 3.8) is 0 Å². The van der Waals surface area contributed by atoms with Crippen LogP contribution >= 0.6 is 0 Å². The van der Waals surface area contributed by atoms with E-state index < -0.39 is 35.7 Å². The van der Waals surface area contributed by atoms with E-state index in [0.29, 0.717) is 55.7 Å². The first kappa shape index (κ1) is 45.9. The second-order valence-electron chi connectivity index (χ2n) is 13.3. The molecule has 0 heterocycles. The molecular weight excluding hydrogens is 776 g/mol. The average Bonchev–Trinajstić information content (AvgIpc) is 3.26. The van der Waals surface area contributed by atoms with Crippen LogP contribution in [0, 0.1) is 5.82 Å². The molecule has 0 aliphatic rings. The first-order valence-electron chi connectivity index (χ1n) is 19.7. The van der Waals surface area contributed by atoms with Gasteiger partial charge in [0.2, 0.25) is 0 Å². The third kappa shape index (κ3) is 16.6. The molecule has 0 aromatic heterocycles. The van der Waals surface area contributed by atoms with Gasteiger partial charge in [-0.2, -0.15) is 0 Å². The second-order valence-corrected chi connectivity index (χ2v) is 13.3. The Hall–Kier alpha value is -6.76. The fraction of sp³-hybridized carbons (Fsp3) is 0.298. The van der Waals surface area contributed by atoms with E-state index in [0.717, 1.165) is 75.1 Å². The van der Waals surface area contributed by atoms with Crippen molar-refractivity contribution in [1.29, 1.82) is 0 Å². The fourth-order valence-electron chi connectivity index (χ4n) is 5.45. The number of esters is 5. The van der Waals surface area contributed by atoms with Gasteiger partial charge in [-0.3, -0.25) is 0 Å². The van der Waals surface area contributed by atoms with Gasteiger partial charge >= 0.3 is 29.8 Å². The number of ether oxygens (including phenoxy) is 7. The van der Waals surface area contributed by atoms with E-state index in [9.17, 15) is 28.4 Å². The third-order valence-corrected chi connectivity index (χ3v) is 8.75. The van der Waals surface area contributed by atoms with Crippen molar-refractivity contribution in [1.82, 2.24) is 0 Å². The maximum absolute atomic E-state index is 14.9. The summed E-state index contributed by atoms with van der Waals surface area (Å²) in [6.07, 6.45) is 9.41. The lowest BCUT2D eigenvalue weighted by Gasteiger charge is -2.10. The molecule has 0 saturated carbocycles. The van der Waals surface area contributed by atoms with Crippen LogP contribution in [0.4, 0.5) is 4.39 Å². The molecule has 0 fully saturated rings. The van der Waals surface area contributed by atoms with Gasteiger partial charge in [0, 0.05) is 24.6 Å². The normalized spacial score (nSPS) is 10.5. The van der Waals surface area contributed by atoms with Crippen LogP contribution in [-0.4, -0.2) is 62.9 Å². The summed E-state index contributed by atoms with van der Waals surface area (Å²) in [5.41, 5.74) is 1.06. The van der Waals surface area contributed by atoms with E-state index in [-0.39, 0.29) is 23.5 Å². The lowest BCUT2D eigenvalue weighted by Crippen LogP contribution is -2.12. The highest BCUT2D eigenvalue weighted by molar-refractivity contribution is 5.92. The van der Waals surface area contributed by atoms with Crippen molar-refractivity contribution < 1.29 is 61.5 Å². The maximum atomic E-state index is 14.9. The van der Waals surface area contributed by atoms with Crippen molar-refractivity contribution in [3.8, 4) is 23.0 Å². The van der Waals surface area contributed by atoms with Gasteiger partial charge in [-0.15, -0.1) is 0 Å². The number of hydrogen-bond acceptors (Lipinski definition) is 12. The third-order valence-electron chi connectivity index (χ3n) is 8.75. The van der Waals surface area contributed by atoms with Gasteiger partial charge in [0.1, 0.15) is 28.8 Å². The number of carbonyl (C=O) groups excluding carboxylic acids is 5. The molecular formula is C47H49FO12. The predicted octanol–water partition coefficient (Wildman–Crippen LogP) is 9.00. The van der Waals surface area contributed by atoms with Crippen LogP contribution in [0.1, 0.15) is 88.0 Å². The van der Waals surface area contributed by atoms with Gasteiger partial charge in [0.15, 0.2) is 0 Å². The molecule has 60 heavy (non-hydrogen) atoms. The minimum absolute atomic E-state index is 0.0372. The standard InChI is InChI=1S/C47H49FO12/c1-3-43(49)56-30-11-7-5-9-28-54-37-21-15-35(16-22-37)45(51)59-39-19-13-34(14-20-39)27-32-58-47(53)41-26-25-40(33-42(41)48)60-46(52)36-17-23-38(24-18-36)55-29-10-6-8-12-31-57-44(50)4-2/h3-4,13-26,33H,1-2,5-12,27-32H2. The Morgan fingerprint density at radius 2 is 0.900 bits per heavy atom. The maximum Gasteiger partial charge on any atom is 0.343 e. The smallest absolute Gasteiger partial charge is 0.343 e. The summed E-state index contributed by atoms with van der Waals surface area (Å²) in [5.74, 6) is -2.43. The number of carbonyl (C=O) groups is 5. The van der Waals surface area contributed by atoms with E-state index >= 15 is 0 Å². The summed E-state index contributed by atoms with van der Waals surface area (Å²) < 4.78 is 52.3. The van der Waals surface area contributed by atoms with Crippen molar-refractivity contribution >= 4 is 29.8 Å². The zero-order valence-electron chi connectivity index (χ0n) is 33.4. The molecule has 0 unspecified atom stereocenters. The van der Waals surface area contributed by atoms with Crippen LogP contribution in [0.15, 0.2) is 116 Å². The molecule has 13 heteroatoms. The summed E-state index contributed by atoms with van der Waals surface area (Å²) in [4.78, 5) is 60.0. The average molecular weight is 825 g/mol. The molecule has 4 aromatic carbocycles. The molecule has 0 amide bonds. The summed E-state index contributed by atoms with van der Waals surface area (Å²) in [6.45, 7) is 8.40. The first-order chi connectivity index (χ1) is 29.1. The van der Waals surface area contributed by atoms with Gasteiger partial charge in [0.05, 0.1) is 49.7 Å². The van der Waals surface area contributed by atoms with Crippen molar-refractivity contribution in [3.05, 3.63) is 144 Å². The molecule has 12 nitrogen and oxygen atoms in total. The summed E-state index contributed by atoms with van der Waals surface area (Å²) in [5, 5.41) is 0. The van der Waals surface area contributed by atoms with Crippen molar-refractivity contribution in [2.75, 3.05) is 33.0 Å². The summed E-state index contributed by atoms with van der Waals surface area (Å²) in [7, 11) is 0. The monoisotopic (exact) mass is 824 g/mol. The Morgan fingerprint density at radius 3 is 1.37 bits per heavy atom. The summed E-state index contributed by atoms with van der Waals surface area (Å²) >= 11 is 0. The van der Waals surface area contributed by atoms with Crippen LogP contribution < -0.4 is 18.9 Å². The Balaban J connectivity index is 1.11. The lowest BCUT2D eigenvalue weighted by molar-refractivity contribution is -0.138. The molecule has 4 aromatic rings. The van der Waals surface area contributed by atoms with Crippen LogP contribution in [0.3, 0.4) is 0 Å². The lowest BCUT2D eigenvalue weighted by atomic mass is 10.1. The zero-order chi connectivity index (χ0) is 43.0. The predicted molar refractivity (Wildman–Crippen MR) is 220 cm³/mol. The highest BCUT2D eigenvalue weighted by Gasteiger charge is 2.17. The van der Waals surface area contributed by atoms with Gasteiger partial charge in [-0.05, 0) is 130 Å². The molecule has 4 rings (SSSR count). The Labute approximate surface area is 348 Å². The molecule has 0 bridgehead atoms. The molecule has 0 radical (unpaired) electrons. The fourth-order valence-corrected chi connectivity index (χ4v) is 5.45. The Kier molecular flexibility index (Phi) is 19.6. The van der Waals surface area contributed by atoms with E-state index in [1.54, 1.807) is 60.7 Å². The highest BCUT2D eigenvalue weighted by Crippen LogP contribution is 2.21. The number of hydrogen-bond donors (Lipinski definition) is 0. The van der Waals surface area contributed by atoms with Gasteiger partial charge in [-0.1, -0.05) is 25.3 Å². The molecule has 0 spiro atoms. The first-order valence-corrected chi connectivity index (χ1v) is 19.7. The number of benzene rings is 4. The van der Waals surface area contributed by atoms with Crippen LogP contribution in [0.25, 0.3) is 0 Å². The number of halogens is 1. The van der Waals surface area contributed by atoms with Crippen LogP contribution in [-0.2, 0) is 30.2 Å². The van der Waals surface area contributed by atoms with E-state index in [1.165, 1.54) is 24.3 Å². The highest BCUT2D eigenvalue weighted by atomic mass is 19.1. The van der Waals surface area contributed by atoms with Gasteiger partial charge in [-0.25, -0.2) is 28.4 Å². The molecule has 316 valence electrons. The molecule has 0 aliphatic heterocycles. The van der Waals surface area contributed by atoms with Crippen LogP contribution in [0.5, 0.6) is 23.0 Å². The molecule has 0 N–H and O–H groups in total.